The molecule has 1 aliphatic carbocycles. The molecule has 1 aromatic rings. The molecule has 0 radical (unpaired) electrons. The van der Waals surface area contributed by atoms with Gasteiger partial charge in [0.05, 0.1) is 5.69 Å². The van der Waals surface area contributed by atoms with Crippen molar-refractivity contribution in [2.24, 2.45) is 17.5 Å². The molecule has 0 aromatic carbocycles. The van der Waals surface area contributed by atoms with Gasteiger partial charge in [-0.05, 0) is 38.5 Å². The second-order valence-electron chi connectivity index (χ2n) is 7.05. The van der Waals surface area contributed by atoms with E-state index in [1.54, 1.807) is 0 Å². The lowest BCUT2D eigenvalue weighted by molar-refractivity contribution is 0.309. The van der Waals surface area contributed by atoms with Crippen molar-refractivity contribution < 1.29 is 0 Å². The van der Waals surface area contributed by atoms with Gasteiger partial charge in [-0.1, -0.05) is 12.8 Å². The number of nitrogens with one attached hydrogen (secondary N) is 1. The van der Waals surface area contributed by atoms with Gasteiger partial charge in [0.25, 0.3) is 0 Å². The minimum Gasteiger partial charge on any atom is -0.352 e. The van der Waals surface area contributed by atoms with Crippen LogP contribution in [-0.4, -0.2) is 40.8 Å². The standard InChI is InChI=1S/C17H29N5.HI/c1-13-15(14(2)21(4)20-13)11-19-16(18-3)22-10-9-17(12-22)7-5-6-8-17;/h5-12H2,1-4H3,(H,18,19);1H. The Bertz CT molecular complexity index is 572. The van der Waals surface area contributed by atoms with Crippen molar-refractivity contribution in [2.45, 2.75) is 52.5 Å². The Kier molecular flexibility index (Phi) is 5.97. The topological polar surface area (TPSA) is 45.5 Å². The largest absolute Gasteiger partial charge is 0.352 e. The third kappa shape index (κ3) is 3.67. The molecule has 0 unspecified atom stereocenters. The molecule has 5 nitrogen and oxygen atoms in total. The second-order valence-corrected chi connectivity index (χ2v) is 7.05. The summed E-state index contributed by atoms with van der Waals surface area (Å²) in [5, 5.41) is 8.04. The lowest BCUT2D eigenvalue weighted by atomic mass is 9.86. The van der Waals surface area contributed by atoms with E-state index >= 15 is 0 Å². The molecule has 1 aliphatic heterocycles. The average molecular weight is 431 g/mol. The van der Waals surface area contributed by atoms with E-state index in [0.29, 0.717) is 5.41 Å². The summed E-state index contributed by atoms with van der Waals surface area (Å²) in [4.78, 5) is 6.96. The molecule has 0 atom stereocenters. The summed E-state index contributed by atoms with van der Waals surface area (Å²) in [6.45, 7) is 7.34. The monoisotopic (exact) mass is 431 g/mol. The Hall–Kier alpha value is -0.790. The molecule has 0 bridgehead atoms. The van der Waals surface area contributed by atoms with Crippen LogP contribution in [0.4, 0.5) is 0 Å². The molecule has 3 rings (SSSR count). The van der Waals surface area contributed by atoms with Crippen molar-refractivity contribution in [3.63, 3.8) is 0 Å². The number of aromatic nitrogens is 2. The summed E-state index contributed by atoms with van der Waals surface area (Å²) in [7, 11) is 3.90. The molecule has 1 saturated carbocycles. The molecular formula is C17H30IN5. The fourth-order valence-electron chi connectivity index (χ4n) is 4.22. The Morgan fingerprint density at radius 2 is 1.96 bits per heavy atom. The van der Waals surface area contributed by atoms with E-state index in [1.807, 2.05) is 18.8 Å². The normalized spacial score (nSPS) is 20.2. The Labute approximate surface area is 156 Å². The maximum Gasteiger partial charge on any atom is 0.193 e. The molecular weight excluding hydrogens is 401 g/mol. The van der Waals surface area contributed by atoms with Crippen molar-refractivity contribution >= 4 is 29.9 Å². The number of nitrogens with zero attached hydrogens (tertiary/aromatic N) is 4. The number of hydrogen-bond acceptors (Lipinski definition) is 2. The molecule has 23 heavy (non-hydrogen) atoms. The number of halogens is 1. The average Bonchev–Trinajstić information content (AvgIpc) is 3.18. The van der Waals surface area contributed by atoms with Gasteiger partial charge < -0.3 is 10.2 Å². The van der Waals surface area contributed by atoms with Gasteiger partial charge in [0.15, 0.2) is 5.96 Å². The molecule has 2 heterocycles. The van der Waals surface area contributed by atoms with Crippen LogP contribution in [-0.2, 0) is 13.6 Å². The van der Waals surface area contributed by atoms with Crippen LogP contribution in [0.5, 0.6) is 0 Å². The van der Waals surface area contributed by atoms with Gasteiger partial charge in [-0.2, -0.15) is 5.10 Å². The van der Waals surface area contributed by atoms with Crippen molar-refractivity contribution in [3.05, 3.63) is 17.0 Å². The number of aryl methyl sites for hydroxylation is 2. The van der Waals surface area contributed by atoms with Gasteiger partial charge >= 0.3 is 0 Å². The SMILES string of the molecule is CN=C(NCc1c(C)nn(C)c1C)N1CCC2(CCCC2)C1.I. The highest BCUT2D eigenvalue weighted by Crippen LogP contribution is 2.45. The third-order valence-electron chi connectivity index (χ3n) is 5.70. The van der Waals surface area contributed by atoms with Crippen LogP contribution in [0.25, 0.3) is 0 Å². The Balaban J connectivity index is 0.00000192. The summed E-state index contributed by atoms with van der Waals surface area (Å²) >= 11 is 0. The molecule has 1 spiro atoms. The first kappa shape index (κ1) is 18.5. The molecule has 2 fully saturated rings. The predicted octanol–water partition coefficient (Wildman–Crippen LogP) is 3.00. The van der Waals surface area contributed by atoms with Gasteiger partial charge in [0, 0.05) is 45.0 Å². The zero-order valence-electron chi connectivity index (χ0n) is 14.9. The van der Waals surface area contributed by atoms with Crippen molar-refractivity contribution in [2.75, 3.05) is 20.1 Å². The highest BCUT2D eigenvalue weighted by molar-refractivity contribution is 14.0. The van der Waals surface area contributed by atoms with Crippen LogP contribution in [0.2, 0.25) is 0 Å². The number of hydrogen-bond donors (Lipinski definition) is 1. The number of rotatable bonds is 2. The Morgan fingerprint density at radius 3 is 2.52 bits per heavy atom. The molecule has 2 aliphatic rings. The molecule has 1 N–H and O–H groups in total. The van der Waals surface area contributed by atoms with Crippen molar-refractivity contribution in [3.8, 4) is 0 Å². The highest BCUT2D eigenvalue weighted by Gasteiger charge is 2.41. The van der Waals surface area contributed by atoms with Crippen molar-refractivity contribution in [1.82, 2.24) is 20.0 Å². The van der Waals surface area contributed by atoms with Crippen molar-refractivity contribution in [1.29, 1.82) is 0 Å². The van der Waals surface area contributed by atoms with E-state index in [-0.39, 0.29) is 24.0 Å². The molecule has 0 amide bonds. The minimum atomic E-state index is 0. The summed E-state index contributed by atoms with van der Waals surface area (Å²) in [5.41, 5.74) is 4.21. The summed E-state index contributed by atoms with van der Waals surface area (Å²) < 4.78 is 1.96. The summed E-state index contributed by atoms with van der Waals surface area (Å²) in [5.74, 6) is 1.05. The van der Waals surface area contributed by atoms with Gasteiger partial charge in [0.2, 0.25) is 0 Å². The van der Waals surface area contributed by atoms with Crippen LogP contribution >= 0.6 is 24.0 Å². The first-order chi connectivity index (χ1) is 10.5. The molecule has 130 valence electrons. The molecule has 1 aromatic heterocycles. The first-order valence-corrected chi connectivity index (χ1v) is 8.49. The lowest BCUT2D eigenvalue weighted by Crippen LogP contribution is -2.40. The fraction of sp³-hybridized carbons (Fsp3) is 0.765. The lowest BCUT2D eigenvalue weighted by Gasteiger charge is -2.26. The first-order valence-electron chi connectivity index (χ1n) is 8.49. The second kappa shape index (κ2) is 7.40. The van der Waals surface area contributed by atoms with E-state index in [0.717, 1.165) is 24.7 Å². The maximum atomic E-state index is 4.51. The summed E-state index contributed by atoms with van der Waals surface area (Å²) in [6.07, 6.45) is 6.96. The van der Waals surface area contributed by atoms with Gasteiger partial charge in [-0.25, -0.2) is 0 Å². The smallest absolute Gasteiger partial charge is 0.193 e. The van der Waals surface area contributed by atoms with Crippen LogP contribution in [0.15, 0.2) is 4.99 Å². The Morgan fingerprint density at radius 1 is 1.26 bits per heavy atom. The van der Waals surface area contributed by atoms with Crippen LogP contribution in [0.1, 0.15) is 49.1 Å². The molecule has 6 heteroatoms. The van der Waals surface area contributed by atoms with Crippen LogP contribution in [0, 0.1) is 19.3 Å². The number of guanidine groups is 1. The van der Waals surface area contributed by atoms with Gasteiger partial charge in [-0.3, -0.25) is 9.67 Å². The van der Waals surface area contributed by atoms with Gasteiger partial charge in [0.1, 0.15) is 0 Å². The molecule has 1 saturated heterocycles. The zero-order chi connectivity index (χ0) is 15.7. The van der Waals surface area contributed by atoms with E-state index in [9.17, 15) is 0 Å². The zero-order valence-corrected chi connectivity index (χ0v) is 17.2. The maximum absolute atomic E-state index is 4.51. The van der Waals surface area contributed by atoms with Crippen LogP contribution in [0.3, 0.4) is 0 Å². The van der Waals surface area contributed by atoms with Crippen LogP contribution < -0.4 is 5.32 Å². The minimum absolute atomic E-state index is 0. The van der Waals surface area contributed by atoms with E-state index in [1.165, 1.54) is 49.9 Å². The van der Waals surface area contributed by atoms with Gasteiger partial charge in [-0.15, -0.1) is 24.0 Å². The highest BCUT2D eigenvalue weighted by atomic mass is 127. The van der Waals surface area contributed by atoms with E-state index in [4.69, 9.17) is 0 Å². The van der Waals surface area contributed by atoms with E-state index < -0.39 is 0 Å². The van der Waals surface area contributed by atoms with E-state index in [2.05, 4.69) is 34.2 Å². The third-order valence-corrected chi connectivity index (χ3v) is 5.70. The number of likely N-dealkylation sites (tertiary alicyclic amines) is 1. The number of aliphatic imine (C=N–C) groups is 1. The predicted molar refractivity (Wildman–Crippen MR) is 105 cm³/mol. The summed E-state index contributed by atoms with van der Waals surface area (Å²) in [6, 6.07) is 0. The fourth-order valence-corrected chi connectivity index (χ4v) is 4.22. The quantitative estimate of drug-likeness (QED) is 0.445.